The van der Waals surface area contributed by atoms with Crippen LogP contribution in [0.1, 0.15) is 6.92 Å². The summed E-state index contributed by atoms with van der Waals surface area (Å²) >= 11 is 0. The highest BCUT2D eigenvalue weighted by molar-refractivity contribution is 7.89. The molecule has 1 aromatic heterocycles. The van der Waals surface area contributed by atoms with Crippen molar-refractivity contribution in [3.63, 3.8) is 0 Å². The molecule has 0 aliphatic carbocycles. The van der Waals surface area contributed by atoms with E-state index in [1.165, 1.54) is 21.4 Å². The van der Waals surface area contributed by atoms with Crippen molar-refractivity contribution in [2.45, 2.75) is 17.9 Å². The number of rotatable bonds is 4. The van der Waals surface area contributed by atoms with Gasteiger partial charge >= 0.3 is 0 Å². The monoisotopic (exact) mass is 287 g/mol. The number of hydrogen-bond acceptors (Lipinski definition) is 5. The standard InChI is InChI=1S/C11H21N5O2S/c1-10(7-12)15-3-5-16(6-4-15)19(17,18)11-8-13-14(2)9-11/h8-10H,3-7,12H2,1-2H3. The summed E-state index contributed by atoms with van der Waals surface area (Å²) in [6.07, 6.45) is 2.93. The van der Waals surface area contributed by atoms with Crippen LogP contribution in [0.3, 0.4) is 0 Å². The summed E-state index contributed by atoms with van der Waals surface area (Å²) in [5.74, 6) is 0. The van der Waals surface area contributed by atoms with E-state index in [1.54, 1.807) is 7.05 Å². The minimum absolute atomic E-state index is 0.260. The van der Waals surface area contributed by atoms with Crippen LogP contribution in [0.2, 0.25) is 0 Å². The first-order valence-electron chi connectivity index (χ1n) is 6.38. The van der Waals surface area contributed by atoms with Crippen molar-refractivity contribution < 1.29 is 8.42 Å². The van der Waals surface area contributed by atoms with E-state index in [0.717, 1.165) is 13.1 Å². The van der Waals surface area contributed by atoms with E-state index in [0.29, 0.717) is 25.7 Å². The zero-order chi connectivity index (χ0) is 14.0. The van der Waals surface area contributed by atoms with Gasteiger partial charge in [-0.1, -0.05) is 0 Å². The van der Waals surface area contributed by atoms with Crippen LogP contribution >= 0.6 is 0 Å². The molecule has 8 heteroatoms. The SMILES string of the molecule is CC(CN)N1CCN(S(=O)(=O)c2cnn(C)c2)CC1. The van der Waals surface area contributed by atoms with Gasteiger partial charge < -0.3 is 5.73 Å². The van der Waals surface area contributed by atoms with Gasteiger partial charge in [0.1, 0.15) is 4.90 Å². The molecular formula is C11H21N5O2S. The van der Waals surface area contributed by atoms with Gasteiger partial charge in [0.25, 0.3) is 0 Å². The molecule has 2 N–H and O–H groups in total. The average Bonchev–Trinajstić information content (AvgIpc) is 2.85. The molecule has 1 aliphatic heterocycles. The summed E-state index contributed by atoms with van der Waals surface area (Å²) in [7, 11) is -1.70. The van der Waals surface area contributed by atoms with Crippen molar-refractivity contribution in [3.8, 4) is 0 Å². The summed E-state index contributed by atoms with van der Waals surface area (Å²) < 4.78 is 27.8. The van der Waals surface area contributed by atoms with E-state index in [-0.39, 0.29) is 4.90 Å². The minimum Gasteiger partial charge on any atom is -0.329 e. The van der Waals surface area contributed by atoms with Gasteiger partial charge in [0.15, 0.2) is 0 Å². The Labute approximate surface area is 114 Å². The van der Waals surface area contributed by atoms with Crippen molar-refractivity contribution in [2.75, 3.05) is 32.7 Å². The van der Waals surface area contributed by atoms with Crippen molar-refractivity contribution >= 4 is 10.0 Å². The molecule has 0 spiro atoms. The molecule has 1 atom stereocenters. The molecule has 0 aromatic carbocycles. The second kappa shape index (κ2) is 5.58. The fraction of sp³-hybridized carbons (Fsp3) is 0.727. The lowest BCUT2D eigenvalue weighted by Gasteiger charge is -2.36. The van der Waals surface area contributed by atoms with Crippen molar-refractivity contribution in [1.29, 1.82) is 0 Å². The molecule has 0 radical (unpaired) electrons. The second-order valence-corrected chi connectivity index (χ2v) is 6.81. The first kappa shape index (κ1) is 14.4. The minimum atomic E-state index is -3.40. The predicted octanol–water partition coefficient (Wildman–Crippen LogP) is -0.926. The summed E-state index contributed by atoms with van der Waals surface area (Å²) in [6, 6.07) is 0.295. The van der Waals surface area contributed by atoms with Crippen molar-refractivity contribution in [3.05, 3.63) is 12.4 Å². The quantitative estimate of drug-likeness (QED) is 0.774. The maximum Gasteiger partial charge on any atom is 0.246 e. The van der Waals surface area contributed by atoms with E-state index in [1.807, 2.05) is 0 Å². The van der Waals surface area contributed by atoms with Gasteiger partial charge in [0, 0.05) is 52.0 Å². The molecule has 0 amide bonds. The Bertz CT molecular complexity index is 519. The maximum atomic E-state index is 12.4. The van der Waals surface area contributed by atoms with Gasteiger partial charge in [0.2, 0.25) is 10.0 Å². The lowest BCUT2D eigenvalue weighted by Crippen LogP contribution is -2.52. The van der Waals surface area contributed by atoms with Gasteiger partial charge in [-0.3, -0.25) is 9.58 Å². The Morgan fingerprint density at radius 1 is 1.37 bits per heavy atom. The average molecular weight is 287 g/mol. The zero-order valence-electron chi connectivity index (χ0n) is 11.4. The third-order valence-electron chi connectivity index (χ3n) is 3.56. The van der Waals surface area contributed by atoms with Crippen LogP contribution in [0.15, 0.2) is 17.3 Å². The van der Waals surface area contributed by atoms with Crippen molar-refractivity contribution in [2.24, 2.45) is 12.8 Å². The second-order valence-electron chi connectivity index (χ2n) is 4.87. The fourth-order valence-corrected chi connectivity index (χ4v) is 3.62. The number of aromatic nitrogens is 2. The Hall–Kier alpha value is -0.960. The normalized spacial score (nSPS) is 20.6. The van der Waals surface area contributed by atoms with Gasteiger partial charge in [-0.05, 0) is 6.92 Å². The number of nitrogens with two attached hydrogens (primary N) is 1. The molecule has 1 aliphatic rings. The highest BCUT2D eigenvalue weighted by atomic mass is 32.2. The topological polar surface area (TPSA) is 84.5 Å². The molecule has 0 bridgehead atoms. The lowest BCUT2D eigenvalue weighted by molar-refractivity contribution is 0.149. The number of hydrogen-bond donors (Lipinski definition) is 1. The third kappa shape index (κ3) is 2.97. The van der Waals surface area contributed by atoms with Gasteiger partial charge in [-0.2, -0.15) is 9.40 Å². The highest BCUT2D eigenvalue weighted by Crippen LogP contribution is 2.17. The molecule has 1 unspecified atom stereocenters. The summed E-state index contributed by atoms with van der Waals surface area (Å²) in [4.78, 5) is 2.48. The van der Waals surface area contributed by atoms with E-state index in [4.69, 9.17) is 5.73 Å². The summed E-state index contributed by atoms with van der Waals surface area (Å²) in [6.45, 7) is 5.10. The molecule has 1 aromatic rings. The van der Waals surface area contributed by atoms with Crippen LogP contribution < -0.4 is 5.73 Å². The summed E-state index contributed by atoms with van der Waals surface area (Å²) in [5.41, 5.74) is 5.63. The van der Waals surface area contributed by atoms with Crippen LogP contribution in [0.5, 0.6) is 0 Å². The number of sulfonamides is 1. The van der Waals surface area contributed by atoms with E-state index >= 15 is 0 Å². The smallest absolute Gasteiger partial charge is 0.246 e. The first-order chi connectivity index (χ1) is 8.95. The molecule has 19 heavy (non-hydrogen) atoms. The maximum absolute atomic E-state index is 12.4. The fourth-order valence-electron chi connectivity index (χ4n) is 2.21. The van der Waals surface area contributed by atoms with Gasteiger partial charge in [0.05, 0.1) is 6.20 Å². The predicted molar refractivity (Wildman–Crippen MR) is 72.1 cm³/mol. The van der Waals surface area contributed by atoms with E-state index < -0.39 is 10.0 Å². The Balaban J connectivity index is 2.05. The number of aryl methyl sites for hydroxylation is 1. The zero-order valence-corrected chi connectivity index (χ0v) is 12.2. The van der Waals surface area contributed by atoms with E-state index in [9.17, 15) is 8.42 Å². The van der Waals surface area contributed by atoms with Gasteiger partial charge in [-0.15, -0.1) is 0 Å². The van der Waals surface area contributed by atoms with Crippen molar-refractivity contribution in [1.82, 2.24) is 19.0 Å². The van der Waals surface area contributed by atoms with Gasteiger partial charge in [-0.25, -0.2) is 8.42 Å². The molecule has 0 saturated carbocycles. The molecule has 1 fully saturated rings. The number of piperazine rings is 1. The van der Waals surface area contributed by atoms with Crippen LogP contribution in [-0.2, 0) is 17.1 Å². The van der Waals surface area contributed by atoms with Crippen LogP contribution in [0.25, 0.3) is 0 Å². The third-order valence-corrected chi connectivity index (χ3v) is 5.41. The Morgan fingerprint density at radius 3 is 2.47 bits per heavy atom. The van der Waals surface area contributed by atoms with E-state index in [2.05, 4.69) is 16.9 Å². The highest BCUT2D eigenvalue weighted by Gasteiger charge is 2.30. The molecule has 2 heterocycles. The lowest BCUT2D eigenvalue weighted by atomic mass is 10.2. The summed E-state index contributed by atoms with van der Waals surface area (Å²) in [5, 5.41) is 3.92. The molecule has 7 nitrogen and oxygen atoms in total. The molecule has 1 saturated heterocycles. The number of nitrogens with zero attached hydrogens (tertiary/aromatic N) is 4. The first-order valence-corrected chi connectivity index (χ1v) is 7.82. The molecule has 108 valence electrons. The Kier molecular flexibility index (Phi) is 4.24. The van der Waals surface area contributed by atoms with Crippen LogP contribution in [0.4, 0.5) is 0 Å². The molecule has 2 rings (SSSR count). The molecular weight excluding hydrogens is 266 g/mol. The van der Waals surface area contributed by atoms with Crippen LogP contribution in [-0.4, -0.2) is 66.2 Å². The van der Waals surface area contributed by atoms with Crippen LogP contribution in [0, 0.1) is 0 Å². The Morgan fingerprint density at radius 2 is 2.00 bits per heavy atom. The largest absolute Gasteiger partial charge is 0.329 e.